The van der Waals surface area contributed by atoms with E-state index in [2.05, 4.69) is 41.5 Å². The predicted octanol–water partition coefficient (Wildman–Crippen LogP) is 3.15. The van der Waals surface area contributed by atoms with E-state index >= 15 is 0 Å². The van der Waals surface area contributed by atoms with Gasteiger partial charge in [-0.2, -0.15) is 0 Å². The molecule has 0 aliphatic carbocycles. The minimum atomic E-state index is -1.03. The SMILES string of the molecule is CC(C)Cc1ccc(CC(=O)[O-])cc1.CC(C)Cc1ccc(CC(=O)[O-])cc1.CC(C)Cc1ccc(CC(=O)[O-])cc1.[Al+3]. The number of hydrogen-bond donors (Lipinski definition) is 0. The van der Waals surface area contributed by atoms with Crippen molar-refractivity contribution in [2.75, 3.05) is 0 Å². The molecule has 3 aromatic carbocycles. The second-order valence-electron chi connectivity index (χ2n) is 11.9. The van der Waals surface area contributed by atoms with Crippen LogP contribution in [0.25, 0.3) is 0 Å². The first-order chi connectivity index (χ1) is 19.7. The minimum Gasteiger partial charge on any atom is -0.550 e. The summed E-state index contributed by atoms with van der Waals surface area (Å²) in [7, 11) is 0. The second kappa shape index (κ2) is 21.3. The van der Waals surface area contributed by atoms with E-state index in [0.717, 1.165) is 36.0 Å². The molecule has 7 heteroatoms. The van der Waals surface area contributed by atoms with E-state index in [-0.39, 0.29) is 36.6 Å². The summed E-state index contributed by atoms with van der Waals surface area (Å²) < 4.78 is 0. The van der Waals surface area contributed by atoms with Crippen LogP contribution >= 0.6 is 0 Å². The third-order valence-electron chi connectivity index (χ3n) is 6.05. The van der Waals surface area contributed by atoms with Gasteiger partial charge in [0.1, 0.15) is 0 Å². The Labute approximate surface area is 268 Å². The topological polar surface area (TPSA) is 120 Å². The van der Waals surface area contributed by atoms with Crippen LogP contribution in [0, 0.1) is 17.8 Å². The monoisotopic (exact) mass is 600 g/mol. The van der Waals surface area contributed by atoms with Gasteiger partial charge in [0.05, 0.1) is 0 Å². The maximum absolute atomic E-state index is 10.3. The number of aliphatic carboxylic acids is 3. The average Bonchev–Trinajstić information content (AvgIpc) is 2.87. The van der Waals surface area contributed by atoms with Crippen molar-refractivity contribution in [3.63, 3.8) is 0 Å². The van der Waals surface area contributed by atoms with Crippen LogP contribution in [-0.2, 0) is 52.9 Å². The molecule has 0 unspecified atom stereocenters. The fourth-order valence-electron chi connectivity index (χ4n) is 4.29. The van der Waals surface area contributed by atoms with Gasteiger partial charge in [-0.15, -0.1) is 0 Å². The number of carbonyl (C=O) groups is 3. The number of hydrogen-bond acceptors (Lipinski definition) is 6. The number of carboxylic acids is 3. The van der Waals surface area contributed by atoms with Gasteiger partial charge < -0.3 is 29.7 Å². The standard InChI is InChI=1S/3C12H16O2.Al/c3*1-9(2)7-10-3-5-11(6-4-10)8-12(13)14;/h3*3-6,9H,7-8H2,1-2H3,(H,13,14);/q;;;+3/p-3. The summed E-state index contributed by atoms with van der Waals surface area (Å²) in [5.41, 5.74) is 6.17. The Morgan fingerprint density at radius 2 is 0.581 bits per heavy atom. The molecular weight excluding hydrogens is 555 g/mol. The smallest absolute Gasteiger partial charge is 0.550 e. The van der Waals surface area contributed by atoms with Crippen molar-refractivity contribution in [3.8, 4) is 0 Å². The van der Waals surface area contributed by atoms with Crippen molar-refractivity contribution in [2.24, 2.45) is 17.8 Å². The van der Waals surface area contributed by atoms with Gasteiger partial charge in [0.15, 0.2) is 0 Å². The van der Waals surface area contributed by atoms with Crippen molar-refractivity contribution in [1.82, 2.24) is 0 Å². The summed E-state index contributed by atoms with van der Waals surface area (Å²) >= 11 is 0. The molecule has 0 heterocycles. The Morgan fingerprint density at radius 1 is 0.419 bits per heavy atom. The first-order valence-electron chi connectivity index (χ1n) is 14.6. The molecule has 0 spiro atoms. The molecule has 6 nitrogen and oxygen atoms in total. The molecule has 0 saturated heterocycles. The third kappa shape index (κ3) is 20.2. The van der Waals surface area contributed by atoms with Crippen LogP contribution in [0.3, 0.4) is 0 Å². The van der Waals surface area contributed by atoms with Crippen molar-refractivity contribution < 1.29 is 29.7 Å². The van der Waals surface area contributed by atoms with E-state index in [4.69, 9.17) is 0 Å². The maximum Gasteiger partial charge on any atom is 3.00 e. The van der Waals surface area contributed by atoms with Crippen molar-refractivity contribution in [3.05, 3.63) is 106 Å². The fraction of sp³-hybridized carbons (Fsp3) is 0.417. The van der Waals surface area contributed by atoms with E-state index in [1.165, 1.54) is 16.7 Å². The van der Waals surface area contributed by atoms with Crippen LogP contribution in [0.4, 0.5) is 0 Å². The molecule has 228 valence electrons. The van der Waals surface area contributed by atoms with Gasteiger partial charge in [-0.1, -0.05) is 114 Å². The number of rotatable bonds is 12. The summed E-state index contributed by atoms with van der Waals surface area (Å²) in [5, 5.41) is 31.0. The van der Waals surface area contributed by atoms with Gasteiger partial charge in [0.2, 0.25) is 0 Å². The molecule has 0 fully saturated rings. The van der Waals surface area contributed by atoms with Crippen LogP contribution in [0.1, 0.15) is 74.9 Å². The molecule has 43 heavy (non-hydrogen) atoms. The first-order valence-corrected chi connectivity index (χ1v) is 14.6. The Balaban J connectivity index is 0.000000608. The van der Waals surface area contributed by atoms with Gasteiger partial charge in [-0.25, -0.2) is 0 Å². The number of carboxylic acid groups (broad SMARTS) is 3. The van der Waals surface area contributed by atoms with Crippen molar-refractivity contribution >= 4 is 35.3 Å². The van der Waals surface area contributed by atoms with Gasteiger partial charge >= 0.3 is 17.4 Å². The Bertz CT molecular complexity index is 1060. The number of benzene rings is 3. The molecule has 0 atom stereocenters. The summed E-state index contributed by atoms with van der Waals surface area (Å²) in [6, 6.07) is 23.0. The van der Waals surface area contributed by atoms with Gasteiger partial charge in [-0.3, -0.25) is 0 Å². The van der Waals surface area contributed by atoms with E-state index in [1.807, 2.05) is 72.8 Å². The van der Waals surface area contributed by atoms with Crippen LogP contribution in [0.2, 0.25) is 0 Å². The quantitative estimate of drug-likeness (QED) is 0.295. The number of carbonyl (C=O) groups excluding carboxylic acids is 3. The van der Waals surface area contributed by atoms with Crippen LogP contribution in [0.5, 0.6) is 0 Å². The molecule has 0 amide bonds. The van der Waals surface area contributed by atoms with Crippen LogP contribution < -0.4 is 15.3 Å². The Kier molecular flexibility index (Phi) is 19.6. The van der Waals surface area contributed by atoms with Gasteiger partial charge in [0, 0.05) is 37.2 Å². The minimum absolute atomic E-state index is 0. The van der Waals surface area contributed by atoms with Crippen LogP contribution in [0.15, 0.2) is 72.8 Å². The Hall–Kier alpha value is -3.40. The molecule has 3 aromatic rings. The third-order valence-corrected chi connectivity index (χ3v) is 6.05. The predicted molar refractivity (Wildman–Crippen MR) is 167 cm³/mol. The van der Waals surface area contributed by atoms with E-state index in [9.17, 15) is 29.7 Å². The van der Waals surface area contributed by atoms with Gasteiger partial charge in [0.25, 0.3) is 0 Å². The molecule has 0 N–H and O–H groups in total. The summed E-state index contributed by atoms with van der Waals surface area (Å²) in [6.45, 7) is 13.0. The van der Waals surface area contributed by atoms with Crippen LogP contribution in [-0.4, -0.2) is 35.3 Å². The molecule has 0 aliphatic rings. The summed E-state index contributed by atoms with van der Waals surface area (Å²) in [4.78, 5) is 31.0. The van der Waals surface area contributed by atoms with E-state index in [0.29, 0.717) is 17.8 Å². The zero-order valence-electron chi connectivity index (χ0n) is 26.4. The first kappa shape index (κ1) is 39.6. The molecule has 0 radical (unpaired) electrons. The molecule has 0 bridgehead atoms. The largest absolute Gasteiger partial charge is 3.00 e. The molecular formula is C36H45AlO6. The average molecular weight is 601 g/mol. The Morgan fingerprint density at radius 3 is 0.721 bits per heavy atom. The summed E-state index contributed by atoms with van der Waals surface area (Å²) in [6.07, 6.45) is 3.11. The van der Waals surface area contributed by atoms with Crippen molar-refractivity contribution in [1.29, 1.82) is 0 Å². The van der Waals surface area contributed by atoms with Gasteiger partial charge in [-0.05, 0) is 70.4 Å². The zero-order valence-corrected chi connectivity index (χ0v) is 27.6. The van der Waals surface area contributed by atoms with E-state index in [1.54, 1.807) is 0 Å². The molecule has 0 aliphatic heterocycles. The fourth-order valence-corrected chi connectivity index (χ4v) is 4.29. The normalized spacial score (nSPS) is 10.3. The van der Waals surface area contributed by atoms with Crippen molar-refractivity contribution in [2.45, 2.75) is 80.1 Å². The molecule has 0 aromatic heterocycles. The van der Waals surface area contributed by atoms with E-state index < -0.39 is 17.9 Å². The molecule has 3 rings (SSSR count). The molecule has 0 saturated carbocycles. The summed E-state index contributed by atoms with van der Waals surface area (Å²) in [5.74, 6) is -1.20. The second-order valence-corrected chi connectivity index (χ2v) is 11.9. The maximum atomic E-state index is 10.3. The zero-order chi connectivity index (χ0) is 31.7.